The van der Waals surface area contributed by atoms with Crippen molar-refractivity contribution in [2.24, 2.45) is 0 Å². The molecular weight excluding hydrogens is 669 g/mol. The summed E-state index contributed by atoms with van der Waals surface area (Å²) in [7, 11) is 0. The van der Waals surface area contributed by atoms with Crippen molar-refractivity contribution in [2.45, 2.75) is 0 Å². The highest BCUT2D eigenvalue weighted by Crippen LogP contribution is 2.36. The summed E-state index contributed by atoms with van der Waals surface area (Å²) in [6.07, 6.45) is 0. The molecule has 4 nitrogen and oxygen atoms in total. The molecule has 0 saturated heterocycles. The van der Waals surface area contributed by atoms with Gasteiger partial charge in [0.2, 0.25) is 0 Å². The van der Waals surface area contributed by atoms with Crippen LogP contribution in [-0.2, 0) is 0 Å². The lowest BCUT2D eigenvalue weighted by molar-refractivity contribution is 1.07. The van der Waals surface area contributed by atoms with Gasteiger partial charge in [-0.25, -0.2) is 15.0 Å². The van der Waals surface area contributed by atoms with Crippen molar-refractivity contribution in [1.82, 2.24) is 19.5 Å². The standard InChI is InChI=1S/C51H34N4/c1-4-12-35(13-5-1)36-20-22-39(23-21-36)43-30-33-48-46(34-43)45-18-10-11-19-47(45)55(48)44-31-28-38(29-32-44)37-24-26-42(27-25-37)51-53-49(40-14-6-2-7-15-40)52-50(54-51)41-16-8-3-9-17-41/h1-34H/i10D,11D,18D,19D. The van der Waals surface area contributed by atoms with Crippen LogP contribution < -0.4 is 0 Å². The molecule has 0 unspecified atom stereocenters. The van der Waals surface area contributed by atoms with Gasteiger partial charge in [-0.1, -0.05) is 176 Å². The summed E-state index contributed by atoms with van der Waals surface area (Å²) in [5.74, 6) is 1.80. The van der Waals surface area contributed by atoms with Crippen molar-refractivity contribution in [1.29, 1.82) is 0 Å². The van der Waals surface area contributed by atoms with Crippen molar-refractivity contribution in [3.63, 3.8) is 0 Å². The Labute approximate surface area is 325 Å². The Kier molecular flexibility index (Phi) is 7.08. The maximum atomic E-state index is 9.04. The third kappa shape index (κ3) is 6.16. The molecule has 0 radical (unpaired) electrons. The molecule has 0 fully saturated rings. The molecule has 2 heterocycles. The zero-order chi connectivity index (χ0) is 40.0. The van der Waals surface area contributed by atoms with E-state index >= 15 is 0 Å². The molecule has 0 aliphatic rings. The van der Waals surface area contributed by atoms with Gasteiger partial charge in [0.25, 0.3) is 0 Å². The molecule has 8 aromatic carbocycles. The third-order valence-electron chi connectivity index (χ3n) is 10.0. The molecule has 0 atom stereocenters. The lowest BCUT2D eigenvalue weighted by atomic mass is 9.99. The SMILES string of the molecule is [2H]c1c([2H])c([2H])c2c(c1[2H])c1cc(-c3ccc(-c4ccccc4)cc3)ccc1n2-c1ccc(-c2ccc(-c3nc(-c4ccccc4)nc(-c4ccccc4)n3)cc2)cc1. The summed E-state index contributed by atoms with van der Waals surface area (Å²) in [5, 5.41) is 1.26. The van der Waals surface area contributed by atoms with Gasteiger partial charge in [0.1, 0.15) is 0 Å². The number of nitrogens with zero attached hydrogens (tertiary/aromatic N) is 4. The molecule has 10 aromatic rings. The minimum Gasteiger partial charge on any atom is -0.309 e. The van der Waals surface area contributed by atoms with Crippen molar-refractivity contribution >= 4 is 21.8 Å². The topological polar surface area (TPSA) is 43.6 Å². The van der Waals surface area contributed by atoms with E-state index in [0.29, 0.717) is 28.4 Å². The Bertz CT molecular complexity index is 3090. The maximum Gasteiger partial charge on any atom is 0.164 e. The average Bonchev–Trinajstić information content (AvgIpc) is 3.66. The number of hydrogen-bond donors (Lipinski definition) is 0. The van der Waals surface area contributed by atoms with Crippen LogP contribution in [0.4, 0.5) is 0 Å². The van der Waals surface area contributed by atoms with Crippen molar-refractivity contribution < 1.29 is 5.48 Å². The molecule has 4 heteroatoms. The molecule has 0 amide bonds. The van der Waals surface area contributed by atoms with Gasteiger partial charge in [-0.15, -0.1) is 0 Å². The first kappa shape index (κ1) is 28.1. The number of aromatic nitrogens is 4. The fraction of sp³-hybridized carbons (Fsp3) is 0. The summed E-state index contributed by atoms with van der Waals surface area (Å²) < 4.78 is 37.1. The smallest absolute Gasteiger partial charge is 0.164 e. The molecule has 2 aromatic heterocycles. The second-order valence-electron chi connectivity index (χ2n) is 13.4. The van der Waals surface area contributed by atoms with Crippen molar-refractivity contribution in [3.8, 4) is 73.2 Å². The van der Waals surface area contributed by atoms with E-state index in [-0.39, 0.29) is 24.2 Å². The highest BCUT2D eigenvalue weighted by molar-refractivity contribution is 6.10. The van der Waals surface area contributed by atoms with E-state index < -0.39 is 0 Å². The van der Waals surface area contributed by atoms with E-state index in [2.05, 4.69) is 54.6 Å². The van der Waals surface area contributed by atoms with Crippen LogP contribution in [0.5, 0.6) is 0 Å². The maximum absolute atomic E-state index is 9.04. The first-order valence-corrected chi connectivity index (χ1v) is 18.2. The molecule has 0 saturated carbocycles. The summed E-state index contributed by atoms with van der Waals surface area (Å²) in [6, 6.07) is 60.2. The Morgan fingerprint density at radius 2 is 0.709 bits per heavy atom. The minimum absolute atomic E-state index is 0.0528. The van der Waals surface area contributed by atoms with E-state index in [1.54, 1.807) is 0 Å². The Morgan fingerprint density at radius 3 is 1.24 bits per heavy atom. The summed E-state index contributed by atoms with van der Waals surface area (Å²) in [6.45, 7) is 0. The first-order valence-electron chi connectivity index (χ1n) is 20.2. The van der Waals surface area contributed by atoms with Crippen molar-refractivity contribution in [2.75, 3.05) is 0 Å². The van der Waals surface area contributed by atoms with Gasteiger partial charge in [-0.2, -0.15) is 0 Å². The number of fused-ring (bicyclic) bond motifs is 3. The van der Waals surface area contributed by atoms with Crippen LogP contribution >= 0.6 is 0 Å². The second kappa shape index (κ2) is 13.8. The molecule has 0 N–H and O–H groups in total. The number of rotatable bonds is 7. The van der Waals surface area contributed by atoms with Crippen LogP contribution in [0.3, 0.4) is 0 Å². The second-order valence-corrected chi connectivity index (χ2v) is 13.4. The van der Waals surface area contributed by atoms with Crippen LogP contribution in [-0.4, -0.2) is 19.5 Å². The predicted molar refractivity (Wildman–Crippen MR) is 227 cm³/mol. The number of para-hydroxylation sites is 1. The zero-order valence-electron chi connectivity index (χ0n) is 33.6. The van der Waals surface area contributed by atoms with Crippen LogP contribution in [0, 0.1) is 0 Å². The largest absolute Gasteiger partial charge is 0.309 e. The number of benzene rings is 8. The third-order valence-corrected chi connectivity index (χ3v) is 10.0. The summed E-state index contributed by atoms with van der Waals surface area (Å²) >= 11 is 0. The van der Waals surface area contributed by atoms with Crippen LogP contribution in [0.2, 0.25) is 0 Å². The first-order chi connectivity index (χ1) is 28.9. The lowest BCUT2D eigenvalue weighted by Gasteiger charge is -2.11. The fourth-order valence-electron chi connectivity index (χ4n) is 7.21. The van der Waals surface area contributed by atoms with Gasteiger partial charge < -0.3 is 4.57 Å². The van der Waals surface area contributed by atoms with E-state index in [9.17, 15) is 0 Å². The highest BCUT2D eigenvalue weighted by Gasteiger charge is 2.15. The Balaban J connectivity index is 1.01. The van der Waals surface area contributed by atoms with E-state index in [4.69, 9.17) is 20.4 Å². The summed E-state index contributed by atoms with van der Waals surface area (Å²) in [5.41, 5.74) is 11.0. The van der Waals surface area contributed by atoms with Gasteiger partial charge in [0.05, 0.1) is 16.5 Å². The molecule has 0 spiro atoms. The molecule has 55 heavy (non-hydrogen) atoms. The van der Waals surface area contributed by atoms with Crippen LogP contribution in [0.1, 0.15) is 5.48 Å². The van der Waals surface area contributed by atoms with Gasteiger partial charge in [-0.05, 0) is 63.7 Å². The normalized spacial score (nSPS) is 12.3. The molecular formula is C51H34N4. The minimum atomic E-state index is -0.259. The molecule has 0 bridgehead atoms. The molecule has 0 aliphatic carbocycles. The quantitative estimate of drug-likeness (QED) is 0.166. The molecule has 258 valence electrons. The Hall–Kier alpha value is -7.43. The Morgan fingerprint density at radius 1 is 0.327 bits per heavy atom. The molecule has 0 aliphatic heterocycles. The lowest BCUT2D eigenvalue weighted by Crippen LogP contribution is -2.00. The van der Waals surface area contributed by atoms with Gasteiger partial charge in [0.15, 0.2) is 17.5 Å². The highest BCUT2D eigenvalue weighted by atomic mass is 15.0. The molecule has 10 rings (SSSR count). The summed E-state index contributed by atoms with van der Waals surface area (Å²) in [4.78, 5) is 14.6. The van der Waals surface area contributed by atoms with E-state index in [0.717, 1.165) is 66.7 Å². The predicted octanol–water partition coefficient (Wildman–Crippen LogP) is 13.0. The average molecular weight is 707 g/mol. The monoisotopic (exact) mass is 706 g/mol. The number of hydrogen-bond acceptors (Lipinski definition) is 3. The fourth-order valence-corrected chi connectivity index (χ4v) is 7.21. The van der Waals surface area contributed by atoms with E-state index in [1.807, 2.05) is 132 Å². The van der Waals surface area contributed by atoms with Crippen LogP contribution in [0.15, 0.2) is 206 Å². The van der Waals surface area contributed by atoms with Gasteiger partial charge >= 0.3 is 0 Å². The van der Waals surface area contributed by atoms with Gasteiger partial charge in [0, 0.05) is 33.2 Å². The van der Waals surface area contributed by atoms with E-state index in [1.165, 1.54) is 0 Å². The van der Waals surface area contributed by atoms with Crippen molar-refractivity contribution in [3.05, 3.63) is 206 Å². The zero-order valence-corrected chi connectivity index (χ0v) is 29.6. The van der Waals surface area contributed by atoms with Gasteiger partial charge in [-0.3, -0.25) is 0 Å². The van der Waals surface area contributed by atoms with Crippen LogP contribution in [0.25, 0.3) is 95.0 Å².